The Kier molecular flexibility index (Phi) is 6.33. The molecule has 168 valence electrons. The predicted molar refractivity (Wildman–Crippen MR) is 110 cm³/mol. The summed E-state index contributed by atoms with van der Waals surface area (Å²) in [5, 5.41) is 7.68. The summed E-state index contributed by atoms with van der Waals surface area (Å²) in [4.78, 5) is 15.3. The minimum atomic E-state index is -4.68. The summed E-state index contributed by atoms with van der Waals surface area (Å²) in [6.45, 7) is 1.70. The Morgan fingerprint density at radius 3 is 2.44 bits per heavy atom. The number of primary sulfonamides is 1. The smallest absolute Gasteiger partial charge is 0.326 e. The molecule has 0 bridgehead atoms. The third kappa shape index (κ3) is 5.48. The standard InChI is InChI=1S/C21H17F4N3O3S/c1-12-2-3-13(18(22)6-12)8-20(29)28-16-4-5-17(19(9-16)32(26,30)31)14-7-15(11-27-10-14)21(23,24)25/h2-7,9-11H,8H2,1H3,(H,28,29)(H2,26,30,31). The number of hydrogen-bond donors (Lipinski definition) is 2. The van der Waals surface area contributed by atoms with E-state index in [-0.39, 0.29) is 28.8 Å². The molecule has 0 saturated carbocycles. The molecular formula is C21H17F4N3O3S. The van der Waals surface area contributed by atoms with Crippen molar-refractivity contribution in [2.75, 3.05) is 5.32 Å². The number of pyridine rings is 1. The molecule has 1 amide bonds. The summed E-state index contributed by atoms with van der Waals surface area (Å²) in [5.41, 5.74) is -0.448. The van der Waals surface area contributed by atoms with E-state index in [1.54, 1.807) is 13.0 Å². The molecule has 0 aliphatic carbocycles. The molecule has 2 aromatic carbocycles. The van der Waals surface area contributed by atoms with Crippen molar-refractivity contribution in [1.82, 2.24) is 4.98 Å². The number of carbonyl (C=O) groups is 1. The molecule has 0 unspecified atom stereocenters. The van der Waals surface area contributed by atoms with Crippen molar-refractivity contribution in [3.05, 3.63) is 77.4 Å². The minimum Gasteiger partial charge on any atom is -0.326 e. The number of benzene rings is 2. The summed E-state index contributed by atoms with van der Waals surface area (Å²) in [7, 11) is -4.38. The number of rotatable bonds is 5. The highest BCUT2D eigenvalue weighted by Crippen LogP contribution is 2.34. The number of sulfonamides is 1. The summed E-state index contributed by atoms with van der Waals surface area (Å²) in [6, 6.07) is 8.66. The fraction of sp³-hybridized carbons (Fsp3) is 0.143. The fourth-order valence-electron chi connectivity index (χ4n) is 2.99. The average molecular weight is 467 g/mol. The highest BCUT2D eigenvalue weighted by atomic mass is 32.2. The largest absolute Gasteiger partial charge is 0.417 e. The van der Waals surface area contributed by atoms with Gasteiger partial charge < -0.3 is 5.32 Å². The van der Waals surface area contributed by atoms with Crippen molar-refractivity contribution in [1.29, 1.82) is 0 Å². The van der Waals surface area contributed by atoms with Crippen LogP contribution >= 0.6 is 0 Å². The Balaban J connectivity index is 1.93. The van der Waals surface area contributed by atoms with Crippen LogP contribution in [-0.4, -0.2) is 19.3 Å². The van der Waals surface area contributed by atoms with Gasteiger partial charge in [-0.15, -0.1) is 0 Å². The second-order valence-corrected chi connectivity index (χ2v) is 8.57. The quantitative estimate of drug-likeness (QED) is 0.553. The van der Waals surface area contributed by atoms with Crippen molar-refractivity contribution in [3.63, 3.8) is 0 Å². The predicted octanol–water partition coefficient (Wildman–Crippen LogP) is 4.04. The van der Waals surface area contributed by atoms with Gasteiger partial charge in [0.25, 0.3) is 0 Å². The Morgan fingerprint density at radius 2 is 1.81 bits per heavy atom. The van der Waals surface area contributed by atoms with Crippen LogP contribution in [0.3, 0.4) is 0 Å². The zero-order valence-corrected chi connectivity index (χ0v) is 17.4. The maximum Gasteiger partial charge on any atom is 0.417 e. The second-order valence-electron chi connectivity index (χ2n) is 7.04. The average Bonchev–Trinajstić information content (AvgIpc) is 2.69. The van der Waals surface area contributed by atoms with Crippen molar-refractivity contribution in [2.24, 2.45) is 5.14 Å². The van der Waals surface area contributed by atoms with Gasteiger partial charge >= 0.3 is 6.18 Å². The number of nitrogens with one attached hydrogen (secondary N) is 1. The molecular weight excluding hydrogens is 450 g/mol. The van der Waals surface area contributed by atoms with E-state index in [4.69, 9.17) is 5.14 Å². The van der Waals surface area contributed by atoms with Crippen molar-refractivity contribution in [3.8, 4) is 11.1 Å². The van der Waals surface area contributed by atoms with Gasteiger partial charge in [-0.1, -0.05) is 18.2 Å². The van der Waals surface area contributed by atoms with E-state index < -0.39 is 38.4 Å². The monoisotopic (exact) mass is 467 g/mol. The molecule has 6 nitrogen and oxygen atoms in total. The van der Waals surface area contributed by atoms with Crippen LogP contribution in [0.2, 0.25) is 0 Å². The molecule has 0 radical (unpaired) electrons. The number of carbonyl (C=O) groups excluding carboxylic acids is 1. The molecule has 11 heteroatoms. The molecule has 1 aromatic heterocycles. The Bertz CT molecular complexity index is 1290. The third-order valence-corrected chi connectivity index (χ3v) is 5.46. The first kappa shape index (κ1) is 23.4. The number of amides is 1. The maximum absolute atomic E-state index is 14.0. The number of aryl methyl sites for hydroxylation is 1. The molecule has 32 heavy (non-hydrogen) atoms. The van der Waals surface area contributed by atoms with Gasteiger partial charge in [0.05, 0.1) is 16.9 Å². The first-order chi connectivity index (χ1) is 14.8. The van der Waals surface area contributed by atoms with E-state index in [2.05, 4.69) is 10.3 Å². The number of nitrogens with zero attached hydrogens (tertiary/aromatic N) is 1. The van der Waals surface area contributed by atoms with Crippen LogP contribution in [0.15, 0.2) is 59.8 Å². The number of anilines is 1. The molecule has 1 heterocycles. The second kappa shape index (κ2) is 8.67. The number of hydrogen-bond acceptors (Lipinski definition) is 4. The van der Waals surface area contributed by atoms with Crippen molar-refractivity contribution >= 4 is 21.6 Å². The molecule has 3 rings (SSSR count). The van der Waals surface area contributed by atoms with Crippen molar-refractivity contribution < 1.29 is 30.8 Å². The van der Waals surface area contributed by atoms with Crippen LogP contribution in [-0.2, 0) is 27.4 Å². The first-order valence-corrected chi connectivity index (χ1v) is 10.6. The van der Waals surface area contributed by atoms with Crippen LogP contribution < -0.4 is 10.5 Å². The minimum absolute atomic E-state index is 0.0234. The highest BCUT2D eigenvalue weighted by molar-refractivity contribution is 7.89. The van der Waals surface area contributed by atoms with E-state index in [1.807, 2.05) is 0 Å². The molecule has 0 aliphatic heterocycles. The van der Waals surface area contributed by atoms with Crippen LogP contribution in [0.5, 0.6) is 0 Å². The lowest BCUT2D eigenvalue weighted by Gasteiger charge is -2.13. The first-order valence-electron chi connectivity index (χ1n) is 9.09. The van der Waals surface area contributed by atoms with E-state index >= 15 is 0 Å². The van der Waals surface area contributed by atoms with Crippen molar-refractivity contribution in [2.45, 2.75) is 24.4 Å². The maximum atomic E-state index is 14.0. The molecule has 0 spiro atoms. The summed E-state index contributed by atoms with van der Waals surface area (Å²) in [5.74, 6) is -1.18. The van der Waals surface area contributed by atoms with Gasteiger partial charge in [0, 0.05) is 29.2 Å². The van der Waals surface area contributed by atoms with Gasteiger partial charge in [0.15, 0.2) is 0 Å². The molecule has 0 fully saturated rings. The number of alkyl halides is 3. The lowest BCUT2D eigenvalue weighted by atomic mass is 10.0. The van der Waals surface area contributed by atoms with Gasteiger partial charge in [0.2, 0.25) is 15.9 Å². The fourth-order valence-corrected chi connectivity index (χ4v) is 3.77. The zero-order valence-electron chi connectivity index (χ0n) is 16.6. The van der Waals surface area contributed by atoms with Crippen LogP contribution in [0.4, 0.5) is 23.2 Å². The highest BCUT2D eigenvalue weighted by Gasteiger charge is 2.31. The van der Waals surface area contributed by atoms with E-state index in [0.717, 1.165) is 18.3 Å². The Hall–Kier alpha value is -3.31. The summed E-state index contributed by atoms with van der Waals surface area (Å²) < 4.78 is 77.1. The Morgan fingerprint density at radius 1 is 1.09 bits per heavy atom. The topological polar surface area (TPSA) is 102 Å². The molecule has 0 saturated heterocycles. The lowest BCUT2D eigenvalue weighted by Crippen LogP contribution is -2.17. The molecule has 0 aliphatic rings. The Labute approximate surface area is 181 Å². The lowest BCUT2D eigenvalue weighted by molar-refractivity contribution is -0.137. The zero-order chi connectivity index (χ0) is 23.7. The number of halogens is 4. The number of aromatic nitrogens is 1. The number of nitrogens with two attached hydrogens (primary N) is 1. The van der Waals surface area contributed by atoms with Gasteiger partial charge in [-0.05, 0) is 42.3 Å². The van der Waals surface area contributed by atoms with E-state index in [9.17, 15) is 30.8 Å². The third-order valence-electron chi connectivity index (χ3n) is 4.51. The van der Waals surface area contributed by atoms with Gasteiger partial charge in [0.1, 0.15) is 5.82 Å². The van der Waals surface area contributed by atoms with Crippen LogP contribution in [0, 0.1) is 12.7 Å². The van der Waals surface area contributed by atoms with Gasteiger partial charge in [-0.25, -0.2) is 17.9 Å². The van der Waals surface area contributed by atoms with Gasteiger partial charge in [-0.2, -0.15) is 13.2 Å². The molecule has 0 atom stereocenters. The van der Waals surface area contributed by atoms with Gasteiger partial charge in [-0.3, -0.25) is 9.78 Å². The van der Waals surface area contributed by atoms with Crippen LogP contribution in [0.1, 0.15) is 16.7 Å². The molecule has 3 aromatic rings. The molecule has 3 N–H and O–H groups in total. The van der Waals surface area contributed by atoms with Crippen LogP contribution in [0.25, 0.3) is 11.1 Å². The SMILES string of the molecule is Cc1ccc(CC(=O)Nc2ccc(-c3cncc(C(F)(F)F)c3)c(S(N)(=O)=O)c2)c(F)c1. The normalized spacial score (nSPS) is 11.9. The van der Waals surface area contributed by atoms with E-state index in [0.29, 0.717) is 11.8 Å². The summed E-state index contributed by atoms with van der Waals surface area (Å²) >= 11 is 0. The summed E-state index contributed by atoms with van der Waals surface area (Å²) in [6.07, 6.45) is -3.31. The van der Waals surface area contributed by atoms with E-state index in [1.165, 1.54) is 24.3 Å².